The van der Waals surface area contributed by atoms with Gasteiger partial charge in [-0.3, -0.25) is 0 Å². The van der Waals surface area contributed by atoms with E-state index in [1.54, 1.807) is 0 Å². The maximum atomic E-state index is 6.05. The van der Waals surface area contributed by atoms with Crippen LogP contribution in [0.5, 0.6) is 0 Å². The first-order valence-electron chi connectivity index (χ1n) is 8.43. The Kier molecular flexibility index (Phi) is 2.49. The number of hydrogen-bond acceptors (Lipinski definition) is 1. The van der Waals surface area contributed by atoms with Crippen LogP contribution in [0.2, 0.25) is 0 Å². The zero-order chi connectivity index (χ0) is 16.5. The summed E-state index contributed by atoms with van der Waals surface area (Å²) in [6.45, 7) is 4.67. The van der Waals surface area contributed by atoms with Crippen molar-refractivity contribution in [1.29, 1.82) is 0 Å². The molecule has 0 radical (unpaired) electrons. The highest BCUT2D eigenvalue weighted by molar-refractivity contribution is 6.12. The average molecular weight is 309 g/mol. The minimum absolute atomic E-state index is 0.0133. The average Bonchev–Trinajstić information content (AvgIpc) is 2.83. The highest BCUT2D eigenvalue weighted by atomic mass is 14.5. The van der Waals surface area contributed by atoms with Crippen LogP contribution in [0.1, 0.15) is 25.0 Å². The van der Waals surface area contributed by atoms with Gasteiger partial charge < -0.3 is 5.73 Å². The van der Waals surface area contributed by atoms with Gasteiger partial charge >= 0.3 is 0 Å². The van der Waals surface area contributed by atoms with Gasteiger partial charge in [0, 0.05) is 11.1 Å². The largest absolute Gasteiger partial charge is 0.399 e. The first-order chi connectivity index (χ1) is 11.6. The molecule has 4 aromatic rings. The molecule has 5 rings (SSSR count). The van der Waals surface area contributed by atoms with Crippen LogP contribution in [0.25, 0.3) is 32.7 Å². The lowest BCUT2D eigenvalue weighted by atomic mass is 9.80. The normalized spacial score (nSPS) is 14.8. The van der Waals surface area contributed by atoms with E-state index in [9.17, 15) is 0 Å². The maximum Gasteiger partial charge on any atom is 0.0320 e. The summed E-state index contributed by atoms with van der Waals surface area (Å²) in [6, 6.07) is 24.0. The third kappa shape index (κ3) is 1.59. The molecule has 0 heterocycles. The number of nitrogens with two attached hydrogens (primary N) is 1. The van der Waals surface area contributed by atoms with E-state index in [2.05, 4.69) is 74.5 Å². The number of hydrogen-bond donors (Lipinski definition) is 1. The molecule has 0 aliphatic heterocycles. The molecule has 0 aromatic heterocycles. The molecule has 1 aliphatic carbocycles. The van der Waals surface area contributed by atoms with Crippen LogP contribution >= 0.6 is 0 Å². The molecule has 2 N–H and O–H groups in total. The lowest BCUT2D eigenvalue weighted by Crippen LogP contribution is -2.15. The molecule has 0 unspecified atom stereocenters. The Bertz CT molecular complexity index is 1140. The molecule has 0 saturated heterocycles. The molecule has 0 amide bonds. The lowest BCUT2D eigenvalue weighted by molar-refractivity contribution is 0.666. The van der Waals surface area contributed by atoms with Crippen LogP contribution < -0.4 is 5.73 Å². The van der Waals surface area contributed by atoms with Gasteiger partial charge in [-0.2, -0.15) is 0 Å². The molecule has 116 valence electrons. The van der Waals surface area contributed by atoms with E-state index >= 15 is 0 Å². The third-order valence-electron chi connectivity index (χ3n) is 5.56. The van der Waals surface area contributed by atoms with Gasteiger partial charge in [0.15, 0.2) is 0 Å². The standard InChI is InChI=1S/C23H19N/c1-23(2)21-6-4-3-5-17(21)19-12-11-16-18(22(19)23)10-8-14-7-9-15(24)13-20(14)16/h3-13H,24H2,1-2H3. The zero-order valence-electron chi connectivity index (χ0n) is 13.9. The number of fused-ring (bicyclic) bond motifs is 7. The van der Waals surface area contributed by atoms with Crippen molar-refractivity contribution in [3.63, 3.8) is 0 Å². The molecule has 24 heavy (non-hydrogen) atoms. The first kappa shape index (κ1) is 13.6. The molecule has 0 bridgehead atoms. The Balaban J connectivity index is 1.96. The Labute approximate surface area is 141 Å². The van der Waals surface area contributed by atoms with Crippen molar-refractivity contribution in [2.75, 3.05) is 5.73 Å². The van der Waals surface area contributed by atoms with Gasteiger partial charge in [-0.1, -0.05) is 68.4 Å². The van der Waals surface area contributed by atoms with Crippen molar-refractivity contribution in [3.8, 4) is 11.1 Å². The highest BCUT2D eigenvalue weighted by Gasteiger charge is 2.36. The van der Waals surface area contributed by atoms with Gasteiger partial charge in [0.05, 0.1) is 0 Å². The van der Waals surface area contributed by atoms with Crippen LogP contribution in [-0.2, 0) is 5.41 Å². The number of nitrogen functional groups attached to an aromatic ring is 1. The quantitative estimate of drug-likeness (QED) is 0.318. The van der Waals surface area contributed by atoms with Crippen molar-refractivity contribution in [2.45, 2.75) is 19.3 Å². The highest BCUT2D eigenvalue weighted by Crippen LogP contribution is 2.51. The molecule has 0 fully saturated rings. The Hall–Kier alpha value is -2.80. The van der Waals surface area contributed by atoms with E-state index in [1.165, 1.54) is 43.8 Å². The lowest BCUT2D eigenvalue weighted by Gasteiger charge is -2.23. The molecular formula is C23H19N. The number of anilines is 1. The monoisotopic (exact) mass is 309 g/mol. The van der Waals surface area contributed by atoms with Crippen molar-refractivity contribution >= 4 is 27.2 Å². The Morgan fingerprint density at radius 2 is 1.46 bits per heavy atom. The predicted molar refractivity (Wildman–Crippen MR) is 103 cm³/mol. The summed E-state index contributed by atoms with van der Waals surface area (Å²) in [5, 5.41) is 5.11. The first-order valence-corrected chi connectivity index (χ1v) is 8.43. The van der Waals surface area contributed by atoms with E-state index in [0.29, 0.717) is 0 Å². The van der Waals surface area contributed by atoms with Gasteiger partial charge in [0.2, 0.25) is 0 Å². The summed E-state index contributed by atoms with van der Waals surface area (Å²) in [5.41, 5.74) is 12.5. The van der Waals surface area contributed by atoms with E-state index < -0.39 is 0 Å². The minimum Gasteiger partial charge on any atom is -0.399 e. The van der Waals surface area contributed by atoms with Crippen LogP contribution in [0, 0.1) is 0 Å². The molecule has 1 aliphatic rings. The van der Waals surface area contributed by atoms with Gasteiger partial charge in [-0.15, -0.1) is 0 Å². The van der Waals surface area contributed by atoms with Crippen molar-refractivity contribution in [2.24, 2.45) is 0 Å². The van der Waals surface area contributed by atoms with Gasteiger partial charge in [0.1, 0.15) is 0 Å². The second kappa shape index (κ2) is 4.39. The van der Waals surface area contributed by atoms with Crippen molar-refractivity contribution in [3.05, 3.63) is 77.9 Å². The molecule has 1 heteroatoms. The summed E-state index contributed by atoms with van der Waals surface area (Å²) in [7, 11) is 0. The summed E-state index contributed by atoms with van der Waals surface area (Å²) >= 11 is 0. The number of rotatable bonds is 0. The molecule has 0 saturated carbocycles. The fraction of sp³-hybridized carbons (Fsp3) is 0.130. The summed E-state index contributed by atoms with van der Waals surface area (Å²) < 4.78 is 0. The fourth-order valence-corrected chi connectivity index (χ4v) is 4.45. The molecule has 1 nitrogen and oxygen atoms in total. The second-order valence-electron chi connectivity index (χ2n) is 7.30. The topological polar surface area (TPSA) is 26.0 Å². The second-order valence-corrected chi connectivity index (χ2v) is 7.30. The van der Waals surface area contributed by atoms with Crippen molar-refractivity contribution < 1.29 is 0 Å². The van der Waals surface area contributed by atoms with Gasteiger partial charge in [-0.05, 0) is 55.9 Å². The van der Waals surface area contributed by atoms with Crippen LogP contribution in [0.15, 0.2) is 66.7 Å². The summed E-state index contributed by atoms with van der Waals surface area (Å²) in [6.07, 6.45) is 0. The molecule has 0 atom stereocenters. The summed E-state index contributed by atoms with van der Waals surface area (Å²) in [4.78, 5) is 0. The smallest absolute Gasteiger partial charge is 0.0320 e. The zero-order valence-corrected chi connectivity index (χ0v) is 13.9. The summed E-state index contributed by atoms with van der Waals surface area (Å²) in [5.74, 6) is 0. The molecule has 0 spiro atoms. The van der Waals surface area contributed by atoms with E-state index in [1.807, 2.05) is 6.07 Å². The SMILES string of the molecule is CC1(C)c2ccccc2-c2ccc3c(ccc4ccc(N)cc43)c21. The maximum absolute atomic E-state index is 6.05. The van der Waals surface area contributed by atoms with E-state index in [0.717, 1.165) is 5.69 Å². The van der Waals surface area contributed by atoms with E-state index in [-0.39, 0.29) is 5.41 Å². The van der Waals surface area contributed by atoms with Gasteiger partial charge in [0.25, 0.3) is 0 Å². The minimum atomic E-state index is 0.0133. The van der Waals surface area contributed by atoms with Gasteiger partial charge in [-0.25, -0.2) is 0 Å². The van der Waals surface area contributed by atoms with Crippen LogP contribution in [0.4, 0.5) is 5.69 Å². The Morgan fingerprint density at radius 1 is 0.708 bits per heavy atom. The molecular weight excluding hydrogens is 290 g/mol. The predicted octanol–water partition coefficient (Wildman–Crippen LogP) is 5.88. The van der Waals surface area contributed by atoms with Crippen molar-refractivity contribution in [1.82, 2.24) is 0 Å². The van der Waals surface area contributed by atoms with E-state index in [4.69, 9.17) is 5.73 Å². The fourth-order valence-electron chi connectivity index (χ4n) is 4.45. The van der Waals surface area contributed by atoms with Crippen LogP contribution in [-0.4, -0.2) is 0 Å². The number of benzene rings is 4. The third-order valence-corrected chi connectivity index (χ3v) is 5.56. The van der Waals surface area contributed by atoms with Crippen LogP contribution in [0.3, 0.4) is 0 Å². The molecule has 4 aromatic carbocycles. The Morgan fingerprint density at radius 3 is 2.33 bits per heavy atom.